The molecule has 0 N–H and O–H groups in total. The standard InChI is InChI=1S/C25H42F6O2.2C2H6/c1-5-17(3)15-32-21-11-7-19(8-12-21)23(24(26,27)28,25(29,30)31)20-9-13-22(14-10-20)33-16-18(4)6-2;2*1-2/h17-22H,5-16H2,1-4H3;2*1-2H3. The zero-order valence-electron chi connectivity index (χ0n) is 24.5. The third-order valence-electron chi connectivity index (χ3n) is 8.20. The summed E-state index contributed by atoms with van der Waals surface area (Å²) in [5.41, 5.74) is -3.65. The van der Waals surface area contributed by atoms with Crippen LogP contribution in [0.1, 0.15) is 120 Å². The Morgan fingerprint density at radius 3 is 1.05 bits per heavy atom. The maximum atomic E-state index is 14.5. The molecule has 0 heterocycles. The first-order valence-corrected chi connectivity index (χ1v) is 14.7. The summed E-state index contributed by atoms with van der Waals surface area (Å²) < 4.78 is 98.3. The molecule has 0 bridgehead atoms. The molecular weight excluding hydrogens is 494 g/mol. The van der Waals surface area contributed by atoms with E-state index in [1.165, 1.54) is 0 Å². The van der Waals surface area contributed by atoms with E-state index in [1.54, 1.807) is 0 Å². The van der Waals surface area contributed by atoms with Gasteiger partial charge in [0, 0.05) is 13.2 Å². The quantitative estimate of drug-likeness (QED) is 0.253. The van der Waals surface area contributed by atoms with Crippen LogP contribution in [0.15, 0.2) is 0 Å². The van der Waals surface area contributed by atoms with Crippen LogP contribution in [0.4, 0.5) is 26.3 Å². The van der Waals surface area contributed by atoms with E-state index >= 15 is 0 Å². The highest BCUT2D eigenvalue weighted by atomic mass is 19.4. The summed E-state index contributed by atoms with van der Waals surface area (Å²) in [5, 5.41) is 0. The van der Waals surface area contributed by atoms with E-state index in [2.05, 4.69) is 0 Å². The van der Waals surface area contributed by atoms with Crippen molar-refractivity contribution in [3.63, 3.8) is 0 Å². The minimum absolute atomic E-state index is 0.103. The molecule has 0 aliphatic heterocycles. The van der Waals surface area contributed by atoms with Gasteiger partial charge in [-0.05, 0) is 75.0 Å². The highest BCUT2D eigenvalue weighted by molar-refractivity contribution is 5.05. The molecule has 2 saturated carbocycles. The first-order valence-electron chi connectivity index (χ1n) is 14.7. The van der Waals surface area contributed by atoms with Gasteiger partial charge in [-0.25, -0.2) is 0 Å². The van der Waals surface area contributed by atoms with Gasteiger partial charge < -0.3 is 9.47 Å². The first-order chi connectivity index (χ1) is 17.4. The van der Waals surface area contributed by atoms with Crippen LogP contribution in [-0.2, 0) is 9.47 Å². The van der Waals surface area contributed by atoms with Crippen molar-refractivity contribution in [2.45, 2.75) is 144 Å². The second-order valence-corrected chi connectivity index (χ2v) is 10.5. The third kappa shape index (κ3) is 9.88. The Bertz CT molecular complexity index is 512. The summed E-state index contributed by atoms with van der Waals surface area (Å²) in [5.74, 6) is -2.26. The number of hydrogen-bond donors (Lipinski definition) is 0. The Kier molecular flexibility index (Phi) is 17.0. The zero-order valence-corrected chi connectivity index (χ0v) is 24.5. The minimum Gasteiger partial charge on any atom is -0.378 e. The van der Waals surface area contributed by atoms with Crippen molar-refractivity contribution in [3.8, 4) is 0 Å². The number of ether oxygens (including phenoxy) is 2. The van der Waals surface area contributed by atoms with E-state index in [0.29, 0.717) is 25.0 Å². The van der Waals surface area contributed by atoms with Crippen molar-refractivity contribution < 1.29 is 35.8 Å². The molecule has 37 heavy (non-hydrogen) atoms. The lowest BCUT2D eigenvalue weighted by atomic mass is 9.57. The molecule has 0 aromatic rings. The molecule has 0 aromatic carbocycles. The molecule has 2 nitrogen and oxygen atoms in total. The van der Waals surface area contributed by atoms with Gasteiger partial charge in [-0.2, -0.15) is 26.3 Å². The Morgan fingerprint density at radius 1 is 0.568 bits per heavy atom. The van der Waals surface area contributed by atoms with Crippen molar-refractivity contribution in [2.75, 3.05) is 13.2 Å². The largest absolute Gasteiger partial charge is 0.403 e. The second-order valence-electron chi connectivity index (χ2n) is 10.5. The second kappa shape index (κ2) is 17.2. The van der Waals surface area contributed by atoms with Crippen LogP contribution >= 0.6 is 0 Å². The van der Waals surface area contributed by atoms with Crippen LogP contribution in [0.5, 0.6) is 0 Å². The lowest BCUT2D eigenvalue weighted by Gasteiger charge is -2.51. The highest BCUT2D eigenvalue weighted by Gasteiger charge is 2.76. The average Bonchev–Trinajstić information content (AvgIpc) is 2.88. The molecular formula is C29H54F6O2. The van der Waals surface area contributed by atoms with Gasteiger partial charge in [0.15, 0.2) is 5.41 Å². The zero-order chi connectivity index (χ0) is 28.9. The van der Waals surface area contributed by atoms with E-state index in [9.17, 15) is 26.3 Å². The fourth-order valence-electron chi connectivity index (χ4n) is 5.63. The lowest BCUT2D eigenvalue weighted by molar-refractivity contribution is -0.383. The molecule has 224 valence electrons. The van der Waals surface area contributed by atoms with Gasteiger partial charge in [0.1, 0.15) is 0 Å². The van der Waals surface area contributed by atoms with Gasteiger partial charge in [-0.1, -0.05) is 68.2 Å². The Morgan fingerprint density at radius 2 is 0.838 bits per heavy atom. The van der Waals surface area contributed by atoms with Crippen molar-refractivity contribution in [3.05, 3.63) is 0 Å². The molecule has 2 rings (SSSR count). The van der Waals surface area contributed by atoms with Crippen LogP contribution in [0.2, 0.25) is 0 Å². The van der Waals surface area contributed by atoms with Crippen LogP contribution in [0.3, 0.4) is 0 Å². The summed E-state index contributed by atoms with van der Waals surface area (Å²) in [6.07, 6.45) is -8.74. The van der Waals surface area contributed by atoms with Gasteiger partial charge in [-0.3, -0.25) is 0 Å². The van der Waals surface area contributed by atoms with Crippen molar-refractivity contribution in [2.24, 2.45) is 29.1 Å². The Labute approximate surface area is 222 Å². The van der Waals surface area contributed by atoms with Crippen molar-refractivity contribution in [1.82, 2.24) is 0 Å². The SMILES string of the molecule is CC.CC.CCC(C)COC1CCC(C(C2CCC(OCC(C)CC)CC2)(C(F)(F)F)C(F)(F)F)CC1. The number of hydrogen-bond acceptors (Lipinski definition) is 2. The summed E-state index contributed by atoms with van der Waals surface area (Å²) >= 11 is 0. The molecule has 0 amide bonds. The van der Waals surface area contributed by atoms with Crippen LogP contribution < -0.4 is 0 Å². The van der Waals surface area contributed by atoms with Gasteiger partial charge in [-0.15, -0.1) is 0 Å². The first kappa shape index (κ1) is 36.5. The molecule has 2 aliphatic carbocycles. The predicted molar refractivity (Wildman–Crippen MR) is 140 cm³/mol. The summed E-state index contributed by atoms with van der Waals surface area (Å²) in [6, 6.07) is 0. The Balaban J connectivity index is 0.00000308. The molecule has 2 fully saturated rings. The summed E-state index contributed by atoms with van der Waals surface area (Å²) in [6.45, 7) is 17.1. The van der Waals surface area contributed by atoms with E-state index in [0.717, 1.165) is 12.8 Å². The maximum absolute atomic E-state index is 14.5. The van der Waals surface area contributed by atoms with E-state index < -0.39 is 29.6 Å². The highest BCUT2D eigenvalue weighted by Crippen LogP contribution is 2.64. The summed E-state index contributed by atoms with van der Waals surface area (Å²) in [7, 11) is 0. The van der Waals surface area contributed by atoms with Crippen LogP contribution in [0.25, 0.3) is 0 Å². The number of halogens is 6. The van der Waals surface area contributed by atoms with Crippen molar-refractivity contribution >= 4 is 0 Å². The molecule has 2 unspecified atom stereocenters. The van der Waals surface area contributed by atoms with Crippen molar-refractivity contribution in [1.29, 1.82) is 0 Å². The fraction of sp³-hybridized carbons (Fsp3) is 1.00. The molecule has 2 aliphatic rings. The molecule has 0 saturated heterocycles. The van der Waals surface area contributed by atoms with Gasteiger partial charge in [0.25, 0.3) is 0 Å². The lowest BCUT2D eigenvalue weighted by Crippen LogP contribution is -2.61. The molecule has 0 radical (unpaired) electrons. The monoisotopic (exact) mass is 548 g/mol. The minimum atomic E-state index is -5.34. The third-order valence-corrected chi connectivity index (χ3v) is 8.20. The van der Waals surface area contributed by atoms with Gasteiger partial charge in [0.2, 0.25) is 0 Å². The van der Waals surface area contributed by atoms with E-state index in [1.807, 2.05) is 55.4 Å². The fourth-order valence-corrected chi connectivity index (χ4v) is 5.63. The number of alkyl halides is 6. The normalized spacial score (nSPS) is 26.8. The average molecular weight is 549 g/mol. The van der Waals surface area contributed by atoms with Gasteiger partial charge >= 0.3 is 12.4 Å². The number of rotatable bonds is 10. The molecule has 0 spiro atoms. The molecule has 0 aromatic heterocycles. The van der Waals surface area contributed by atoms with E-state index in [-0.39, 0.29) is 63.6 Å². The Hall–Kier alpha value is -0.500. The van der Waals surface area contributed by atoms with Gasteiger partial charge in [0.05, 0.1) is 12.2 Å². The topological polar surface area (TPSA) is 18.5 Å². The van der Waals surface area contributed by atoms with Crippen LogP contribution in [0, 0.1) is 29.1 Å². The maximum Gasteiger partial charge on any atom is 0.403 e. The smallest absolute Gasteiger partial charge is 0.378 e. The molecule has 2 atom stereocenters. The summed E-state index contributed by atoms with van der Waals surface area (Å²) in [4.78, 5) is 0. The van der Waals surface area contributed by atoms with E-state index in [4.69, 9.17) is 9.47 Å². The predicted octanol–water partition coefficient (Wildman–Crippen LogP) is 10.4. The molecule has 8 heteroatoms. The van der Waals surface area contributed by atoms with Crippen LogP contribution in [-0.4, -0.2) is 37.8 Å².